The van der Waals surface area contributed by atoms with E-state index >= 15 is 0 Å². The second-order valence-electron chi connectivity index (χ2n) is 3.90. The van der Waals surface area contributed by atoms with Gasteiger partial charge in [0.2, 0.25) is 5.91 Å². The number of anilines is 2. The molecular weight excluding hydrogens is 246 g/mol. The van der Waals surface area contributed by atoms with E-state index in [0.29, 0.717) is 11.4 Å². The molecule has 18 heavy (non-hydrogen) atoms. The molecule has 0 saturated heterocycles. The molecule has 1 atom stereocenters. The smallest absolute Gasteiger partial charge is 0.241 e. The van der Waals surface area contributed by atoms with Crippen LogP contribution in [0, 0.1) is 0 Å². The molecule has 100 valence electrons. The van der Waals surface area contributed by atoms with Gasteiger partial charge in [-0.05, 0) is 37.1 Å². The molecule has 0 unspecified atom stereocenters. The Hall–Kier alpha value is -1.20. The molecule has 0 aromatic heterocycles. The highest BCUT2D eigenvalue weighted by molar-refractivity contribution is 7.99. The molecule has 0 aliphatic carbocycles. The molecule has 1 rings (SSSR count). The van der Waals surface area contributed by atoms with Crippen molar-refractivity contribution in [1.82, 2.24) is 5.32 Å². The van der Waals surface area contributed by atoms with Crippen LogP contribution < -0.4 is 16.4 Å². The Morgan fingerprint density at radius 3 is 2.78 bits per heavy atom. The standard InChI is InChI=1S/C13H21N3OS/c1-3-18-9-8-12(15-2)13(17)16-11-7-5-4-6-10(11)14/h4-7,12,15H,3,8-9,14H2,1-2H3,(H,16,17)/t12-/m0/s1. The first kappa shape index (κ1) is 14.9. The number of nitrogen functional groups attached to an aromatic ring is 1. The number of carbonyl (C=O) groups is 1. The van der Waals surface area contributed by atoms with Crippen LogP contribution in [0.1, 0.15) is 13.3 Å². The summed E-state index contributed by atoms with van der Waals surface area (Å²) in [5, 5.41) is 5.89. The van der Waals surface area contributed by atoms with Crippen molar-refractivity contribution < 1.29 is 4.79 Å². The van der Waals surface area contributed by atoms with Gasteiger partial charge in [-0.25, -0.2) is 0 Å². The summed E-state index contributed by atoms with van der Waals surface area (Å²) in [6.45, 7) is 2.11. The fourth-order valence-corrected chi connectivity index (χ4v) is 2.27. The Kier molecular flexibility index (Phi) is 6.60. The van der Waals surface area contributed by atoms with Gasteiger partial charge < -0.3 is 16.4 Å². The fourth-order valence-electron chi connectivity index (χ4n) is 1.58. The van der Waals surface area contributed by atoms with Crippen molar-refractivity contribution in [1.29, 1.82) is 0 Å². The molecule has 5 heteroatoms. The van der Waals surface area contributed by atoms with Gasteiger partial charge in [-0.3, -0.25) is 4.79 Å². The Balaban J connectivity index is 2.54. The summed E-state index contributed by atoms with van der Waals surface area (Å²) >= 11 is 1.83. The van der Waals surface area contributed by atoms with Crippen LogP contribution in [0.2, 0.25) is 0 Å². The minimum atomic E-state index is -0.177. The highest BCUT2D eigenvalue weighted by Gasteiger charge is 2.16. The van der Waals surface area contributed by atoms with E-state index in [-0.39, 0.29) is 11.9 Å². The van der Waals surface area contributed by atoms with Gasteiger partial charge >= 0.3 is 0 Å². The second kappa shape index (κ2) is 8.00. The van der Waals surface area contributed by atoms with Gasteiger partial charge in [0.05, 0.1) is 17.4 Å². The molecule has 0 fully saturated rings. The quantitative estimate of drug-likeness (QED) is 0.522. The lowest BCUT2D eigenvalue weighted by Gasteiger charge is -2.16. The third-order valence-corrected chi connectivity index (χ3v) is 3.57. The molecule has 1 aromatic rings. The average molecular weight is 267 g/mol. The van der Waals surface area contributed by atoms with E-state index in [1.165, 1.54) is 0 Å². The van der Waals surface area contributed by atoms with Crippen molar-refractivity contribution in [3.63, 3.8) is 0 Å². The van der Waals surface area contributed by atoms with Crippen LogP contribution in [-0.4, -0.2) is 30.5 Å². The molecule has 0 aliphatic heterocycles. The van der Waals surface area contributed by atoms with E-state index in [1.54, 1.807) is 19.2 Å². The lowest BCUT2D eigenvalue weighted by atomic mass is 10.2. The van der Waals surface area contributed by atoms with E-state index in [0.717, 1.165) is 17.9 Å². The van der Waals surface area contributed by atoms with Gasteiger partial charge in [-0.2, -0.15) is 11.8 Å². The van der Waals surface area contributed by atoms with Gasteiger partial charge in [-0.15, -0.1) is 0 Å². The van der Waals surface area contributed by atoms with E-state index in [2.05, 4.69) is 17.6 Å². The summed E-state index contributed by atoms with van der Waals surface area (Å²) in [6.07, 6.45) is 0.813. The normalized spacial score (nSPS) is 12.1. The van der Waals surface area contributed by atoms with Crippen LogP contribution in [0.5, 0.6) is 0 Å². The van der Waals surface area contributed by atoms with Crippen molar-refractivity contribution in [2.75, 3.05) is 29.6 Å². The maximum Gasteiger partial charge on any atom is 0.241 e. The van der Waals surface area contributed by atoms with Crippen LogP contribution in [0.4, 0.5) is 11.4 Å². The third-order valence-electron chi connectivity index (χ3n) is 2.64. The fraction of sp³-hybridized carbons (Fsp3) is 0.462. The second-order valence-corrected chi connectivity index (χ2v) is 5.30. The summed E-state index contributed by atoms with van der Waals surface area (Å²) in [6, 6.07) is 7.10. The molecule has 0 bridgehead atoms. The Morgan fingerprint density at radius 1 is 1.44 bits per heavy atom. The van der Waals surface area contributed by atoms with Crippen LogP contribution in [0.3, 0.4) is 0 Å². The number of benzene rings is 1. The van der Waals surface area contributed by atoms with Gasteiger partial charge in [0.15, 0.2) is 0 Å². The number of para-hydroxylation sites is 2. The summed E-state index contributed by atoms with van der Waals surface area (Å²) in [4.78, 5) is 12.1. The van der Waals surface area contributed by atoms with Crippen molar-refractivity contribution in [2.45, 2.75) is 19.4 Å². The Labute approximate surface area is 113 Å². The minimum Gasteiger partial charge on any atom is -0.397 e. The van der Waals surface area contributed by atoms with Crippen molar-refractivity contribution in [2.24, 2.45) is 0 Å². The van der Waals surface area contributed by atoms with Crippen molar-refractivity contribution in [3.8, 4) is 0 Å². The summed E-state index contributed by atoms with van der Waals surface area (Å²) in [5.41, 5.74) is 7.05. The van der Waals surface area contributed by atoms with Crippen LogP contribution in [-0.2, 0) is 4.79 Å². The molecule has 4 N–H and O–H groups in total. The SMILES string of the molecule is CCSCC[C@H](NC)C(=O)Nc1ccccc1N. The zero-order valence-corrected chi connectivity index (χ0v) is 11.7. The molecule has 0 heterocycles. The molecule has 0 radical (unpaired) electrons. The zero-order chi connectivity index (χ0) is 13.4. The minimum absolute atomic E-state index is 0.0351. The monoisotopic (exact) mass is 267 g/mol. The average Bonchev–Trinajstić information content (AvgIpc) is 2.37. The first-order valence-electron chi connectivity index (χ1n) is 6.09. The number of nitrogens with one attached hydrogen (secondary N) is 2. The van der Waals surface area contributed by atoms with Gasteiger partial charge in [0.1, 0.15) is 0 Å². The maximum atomic E-state index is 12.1. The van der Waals surface area contributed by atoms with Gasteiger partial charge in [0, 0.05) is 0 Å². The highest BCUT2D eigenvalue weighted by atomic mass is 32.2. The van der Waals surface area contributed by atoms with Gasteiger partial charge in [0.25, 0.3) is 0 Å². The van der Waals surface area contributed by atoms with E-state index in [1.807, 2.05) is 23.9 Å². The van der Waals surface area contributed by atoms with Crippen molar-refractivity contribution in [3.05, 3.63) is 24.3 Å². The Morgan fingerprint density at radius 2 is 2.17 bits per heavy atom. The molecule has 0 saturated carbocycles. The third kappa shape index (κ3) is 4.58. The lowest BCUT2D eigenvalue weighted by Crippen LogP contribution is -2.39. The largest absolute Gasteiger partial charge is 0.397 e. The van der Waals surface area contributed by atoms with Gasteiger partial charge in [-0.1, -0.05) is 19.1 Å². The number of nitrogens with two attached hydrogens (primary N) is 1. The number of rotatable bonds is 7. The number of carbonyl (C=O) groups excluding carboxylic acids is 1. The molecule has 4 nitrogen and oxygen atoms in total. The molecule has 0 aliphatic rings. The lowest BCUT2D eigenvalue weighted by molar-refractivity contribution is -0.118. The molecule has 0 spiro atoms. The molecular formula is C13H21N3OS. The molecule has 1 aromatic carbocycles. The summed E-state index contributed by atoms with van der Waals surface area (Å²) < 4.78 is 0. The van der Waals surface area contributed by atoms with Crippen LogP contribution in [0.15, 0.2) is 24.3 Å². The maximum absolute atomic E-state index is 12.1. The number of thioether (sulfide) groups is 1. The predicted molar refractivity (Wildman–Crippen MR) is 79.9 cm³/mol. The van der Waals surface area contributed by atoms with E-state index in [4.69, 9.17) is 5.73 Å². The highest BCUT2D eigenvalue weighted by Crippen LogP contribution is 2.17. The van der Waals surface area contributed by atoms with Crippen LogP contribution >= 0.6 is 11.8 Å². The van der Waals surface area contributed by atoms with E-state index in [9.17, 15) is 4.79 Å². The summed E-state index contributed by atoms with van der Waals surface area (Å²) in [5.74, 6) is 2.01. The number of hydrogen-bond acceptors (Lipinski definition) is 4. The Bertz CT molecular complexity index is 384. The number of hydrogen-bond donors (Lipinski definition) is 3. The van der Waals surface area contributed by atoms with Crippen molar-refractivity contribution >= 4 is 29.0 Å². The summed E-state index contributed by atoms with van der Waals surface area (Å²) in [7, 11) is 1.80. The first-order chi connectivity index (χ1) is 8.69. The molecule has 1 amide bonds. The zero-order valence-electron chi connectivity index (χ0n) is 10.9. The van der Waals surface area contributed by atoms with E-state index < -0.39 is 0 Å². The first-order valence-corrected chi connectivity index (χ1v) is 7.24. The number of likely N-dealkylation sites (N-methyl/N-ethyl adjacent to an activating group) is 1. The number of amides is 1. The predicted octanol–water partition coefficient (Wildman–Crippen LogP) is 1.94. The van der Waals surface area contributed by atoms with Crippen LogP contribution in [0.25, 0.3) is 0 Å². The topological polar surface area (TPSA) is 67.2 Å².